The van der Waals surface area contributed by atoms with Crippen LogP contribution < -0.4 is 5.43 Å². The highest BCUT2D eigenvalue weighted by Crippen LogP contribution is 2.29. The quantitative estimate of drug-likeness (QED) is 0.821. The molecule has 1 aliphatic heterocycles. The lowest BCUT2D eigenvalue weighted by atomic mass is 10.1. The Balaban J connectivity index is 2.25. The Morgan fingerprint density at radius 3 is 3.00 bits per heavy atom. The molecule has 0 saturated heterocycles. The number of hydrogen-bond acceptors (Lipinski definition) is 5. The van der Waals surface area contributed by atoms with Gasteiger partial charge in [0, 0.05) is 5.02 Å². The van der Waals surface area contributed by atoms with Gasteiger partial charge in [0.25, 0.3) is 0 Å². The van der Waals surface area contributed by atoms with E-state index in [1.165, 1.54) is 0 Å². The first kappa shape index (κ1) is 10.9. The van der Waals surface area contributed by atoms with Crippen LogP contribution in [-0.4, -0.2) is 17.5 Å². The number of carbonyl (C=O) groups is 1. The molecule has 1 heterocycles. The van der Waals surface area contributed by atoms with Crippen molar-refractivity contribution in [3.63, 3.8) is 0 Å². The van der Waals surface area contributed by atoms with E-state index in [1.807, 2.05) is 31.2 Å². The van der Waals surface area contributed by atoms with Crippen molar-refractivity contribution in [1.82, 2.24) is 10.4 Å². The fraction of sp³-hybridized carbons (Fsp3) is 0.300. The van der Waals surface area contributed by atoms with Gasteiger partial charge in [0.15, 0.2) is 12.5 Å². The van der Waals surface area contributed by atoms with Gasteiger partial charge in [0.2, 0.25) is 0 Å². The van der Waals surface area contributed by atoms with Crippen LogP contribution in [0.15, 0.2) is 34.7 Å². The van der Waals surface area contributed by atoms with Gasteiger partial charge in [-0.25, -0.2) is 5.01 Å². The standard InChI is InChI=1S/C10H11ClN4O/c1-7(8-4-2-3-5-9(8)11)15-10(6-16)12-13-14-15/h2-7,10H,1H3,(H,12,14). The normalized spacial score (nSPS) is 20.6. The highest BCUT2D eigenvalue weighted by molar-refractivity contribution is 6.31. The maximum absolute atomic E-state index is 10.8. The summed E-state index contributed by atoms with van der Waals surface area (Å²) in [4.78, 5) is 10.8. The molecular weight excluding hydrogens is 228 g/mol. The second-order valence-electron chi connectivity index (χ2n) is 3.48. The molecule has 0 saturated carbocycles. The Bertz CT molecular complexity index is 423. The first-order valence-electron chi connectivity index (χ1n) is 4.88. The molecule has 1 aromatic carbocycles. The molecule has 0 aromatic heterocycles. The van der Waals surface area contributed by atoms with E-state index in [9.17, 15) is 4.79 Å². The summed E-state index contributed by atoms with van der Waals surface area (Å²) in [5.74, 6) is 0. The zero-order chi connectivity index (χ0) is 11.5. The molecule has 5 nitrogen and oxygen atoms in total. The van der Waals surface area contributed by atoms with E-state index in [1.54, 1.807) is 5.01 Å². The van der Waals surface area contributed by atoms with Crippen molar-refractivity contribution in [2.45, 2.75) is 19.1 Å². The second-order valence-corrected chi connectivity index (χ2v) is 3.88. The molecule has 0 spiro atoms. The summed E-state index contributed by atoms with van der Waals surface area (Å²) in [6.45, 7) is 1.92. The zero-order valence-electron chi connectivity index (χ0n) is 8.67. The minimum atomic E-state index is -0.522. The molecule has 84 valence electrons. The predicted octanol–water partition coefficient (Wildman–Crippen LogP) is 2.11. The minimum Gasteiger partial charge on any atom is -0.299 e. The topological polar surface area (TPSA) is 57.1 Å². The number of carbonyl (C=O) groups excluding carboxylic acids is 1. The van der Waals surface area contributed by atoms with Crippen LogP contribution in [0.5, 0.6) is 0 Å². The van der Waals surface area contributed by atoms with Gasteiger partial charge in [-0.15, -0.1) is 0 Å². The number of rotatable bonds is 3. The first-order valence-corrected chi connectivity index (χ1v) is 5.26. The lowest BCUT2D eigenvalue weighted by Gasteiger charge is -2.24. The summed E-state index contributed by atoms with van der Waals surface area (Å²) < 4.78 is 0. The lowest BCUT2D eigenvalue weighted by Crippen LogP contribution is -2.38. The summed E-state index contributed by atoms with van der Waals surface area (Å²) in [5.41, 5.74) is 3.52. The molecule has 1 aromatic rings. The summed E-state index contributed by atoms with van der Waals surface area (Å²) in [6.07, 6.45) is 0.235. The highest BCUT2D eigenvalue weighted by Gasteiger charge is 2.27. The molecule has 0 radical (unpaired) electrons. The Morgan fingerprint density at radius 2 is 2.31 bits per heavy atom. The fourth-order valence-corrected chi connectivity index (χ4v) is 1.91. The van der Waals surface area contributed by atoms with Gasteiger partial charge in [0.1, 0.15) is 0 Å². The summed E-state index contributed by atoms with van der Waals surface area (Å²) in [7, 11) is 0. The molecule has 1 aliphatic rings. The molecule has 16 heavy (non-hydrogen) atoms. The number of halogens is 1. The Labute approximate surface area is 98.0 Å². The lowest BCUT2D eigenvalue weighted by molar-refractivity contribution is -0.113. The zero-order valence-corrected chi connectivity index (χ0v) is 9.43. The van der Waals surface area contributed by atoms with E-state index in [-0.39, 0.29) is 6.04 Å². The van der Waals surface area contributed by atoms with E-state index in [0.717, 1.165) is 11.8 Å². The third-order valence-electron chi connectivity index (χ3n) is 2.50. The van der Waals surface area contributed by atoms with Gasteiger partial charge in [-0.3, -0.25) is 10.2 Å². The van der Waals surface area contributed by atoms with E-state index >= 15 is 0 Å². The van der Waals surface area contributed by atoms with Gasteiger partial charge < -0.3 is 0 Å². The van der Waals surface area contributed by atoms with Gasteiger partial charge in [0.05, 0.1) is 6.04 Å². The third-order valence-corrected chi connectivity index (χ3v) is 2.85. The smallest absolute Gasteiger partial charge is 0.190 e. The number of nitrogens with zero attached hydrogens (tertiary/aromatic N) is 3. The van der Waals surface area contributed by atoms with E-state index in [0.29, 0.717) is 5.02 Å². The fourth-order valence-electron chi connectivity index (χ4n) is 1.62. The highest BCUT2D eigenvalue weighted by atomic mass is 35.5. The monoisotopic (exact) mass is 238 g/mol. The van der Waals surface area contributed by atoms with Crippen molar-refractivity contribution >= 4 is 17.9 Å². The first-order chi connectivity index (χ1) is 7.74. The Kier molecular flexibility index (Phi) is 3.05. The largest absolute Gasteiger partial charge is 0.299 e. The molecule has 0 aliphatic carbocycles. The molecule has 2 rings (SSSR count). The molecule has 1 N–H and O–H groups in total. The van der Waals surface area contributed by atoms with Gasteiger partial charge in [-0.1, -0.05) is 40.2 Å². The van der Waals surface area contributed by atoms with Crippen molar-refractivity contribution in [2.24, 2.45) is 10.4 Å². The summed E-state index contributed by atoms with van der Waals surface area (Å²) >= 11 is 6.08. The van der Waals surface area contributed by atoms with Crippen molar-refractivity contribution in [3.05, 3.63) is 34.9 Å². The molecular formula is C10H11ClN4O. The second kappa shape index (κ2) is 4.49. The van der Waals surface area contributed by atoms with Crippen LogP contribution in [0.1, 0.15) is 18.5 Å². The van der Waals surface area contributed by atoms with Crippen LogP contribution in [0.2, 0.25) is 5.02 Å². The average Bonchev–Trinajstić information content (AvgIpc) is 2.77. The molecule has 0 fully saturated rings. The van der Waals surface area contributed by atoms with Crippen molar-refractivity contribution < 1.29 is 4.79 Å². The summed E-state index contributed by atoms with van der Waals surface area (Å²) in [6, 6.07) is 7.36. The number of hydrogen-bond donors (Lipinski definition) is 1. The number of benzene rings is 1. The number of aldehydes is 1. The molecule has 6 heteroatoms. The van der Waals surface area contributed by atoms with E-state index < -0.39 is 6.17 Å². The van der Waals surface area contributed by atoms with Crippen LogP contribution in [0.25, 0.3) is 0 Å². The van der Waals surface area contributed by atoms with Gasteiger partial charge in [-0.2, -0.15) is 0 Å². The van der Waals surface area contributed by atoms with E-state index in [2.05, 4.69) is 15.9 Å². The minimum absolute atomic E-state index is 0.109. The molecule has 2 atom stereocenters. The SMILES string of the molecule is CC(c1ccccc1Cl)N1N=NNC1C=O. The van der Waals surface area contributed by atoms with Gasteiger partial charge >= 0.3 is 0 Å². The van der Waals surface area contributed by atoms with Crippen LogP contribution in [-0.2, 0) is 4.79 Å². The Morgan fingerprint density at radius 1 is 1.56 bits per heavy atom. The maximum atomic E-state index is 10.8. The van der Waals surface area contributed by atoms with Crippen LogP contribution in [0.4, 0.5) is 0 Å². The summed E-state index contributed by atoms with van der Waals surface area (Å²) in [5, 5.41) is 9.71. The maximum Gasteiger partial charge on any atom is 0.190 e. The van der Waals surface area contributed by atoms with E-state index in [4.69, 9.17) is 11.6 Å². The third kappa shape index (κ3) is 1.86. The van der Waals surface area contributed by atoms with Crippen LogP contribution in [0.3, 0.4) is 0 Å². The molecule has 0 bridgehead atoms. The Hall–Kier alpha value is -1.62. The van der Waals surface area contributed by atoms with Gasteiger partial charge in [-0.05, 0) is 18.6 Å². The van der Waals surface area contributed by atoms with Crippen LogP contribution >= 0.6 is 11.6 Å². The number of nitrogens with one attached hydrogen (secondary N) is 1. The van der Waals surface area contributed by atoms with Crippen molar-refractivity contribution in [1.29, 1.82) is 0 Å². The average molecular weight is 239 g/mol. The van der Waals surface area contributed by atoms with Crippen molar-refractivity contribution in [2.75, 3.05) is 0 Å². The van der Waals surface area contributed by atoms with Crippen LogP contribution in [0, 0.1) is 0 Å². The predicted molar refractivity (Wildman–Crippen MR) is 59.5 cm³/mol. The van der Waals surface area contributed by atoms with Crippen molar-refractivity contribution in [3.8, 4) is 0 Å². The molecule has 2 unspecified atom stereocenters. The molecule has 0 amide bonds.